The van der Waals surface area contributed by atoms with Crippen molar-refractivity contribution in [3.05, 3.63) is 57.7 Å². The molecule has 4 rings (SSSR count). The Kier molecular flexibility index (Phi) is 7.86. The highest BCUT2D eigenvalue weighted by atomic mass is 32.2. The van der Waals surface area contributed by atoms with Crippen molar-refractivity contribution < 1.29 is 14.4 Å². The van der Waals surface area contributed by atoms with E-state index in [2.05, 4.69) is 20.8 Å². The number of primary amides is 1. The summed E-state index contributed by atoms with van der Waals surface area (Å²) in [5.41, 5.74) is 7.63. The Bertz CT molecular complexity index is 1240. The molecule has 0 saturated heterocycles. The van der Waals surface area contributed by atoms with Gasteiger partial charge < -0.3 is 20.9 Å². The van der Waals surface area contributed by atoms with Crippen LogP contribution in [0.3, 0.4) is 0 Å². The minimum absolute atomic E-state index is 0.101. The Morgan fingerprint density at radius 3 is 2.63 bits per heavy atom. The molecule has 11 heteroatoms. The number of rotatable bonds is 9. The fraction of sp³-hybridized carbons (Fsp3) is 0.375. The van der Waals surface area contributed by atoms with Crippen LogP contribution < -0.4 is 16.4 Å². The molecule has 0 fully saturated rings. The minimum Gasteiger partial charge on any atom is -0.365 e. The van der Waals surface area contributed by atoms with E-state index in [1.54, 1.807) is 12.1 Å². The summed E-state index contributed by atoms with van der Waals surface area (Å²) >= 11 is 2.70. The summed E-state index contributed by atoms with van der Waals surface area (Å²) in [5, 5.41) is 15.4. The number of nitrogens with one attached hydrogen (secondary N) is 2. The molecule has 0 unspecified atom stereocenters. The average molecular weight is 513 g/mol. The van der Waals surface area contributed by atoms with Crippen LogP contribution in [0.1, 0.15) is 69.7 Å². The van der Waals surface area contributed by atoms with Gasteiger partial charge in [0, 0.05) is 17.0 Å². The van der Waals surface area contributed by atoms with Gasteiger partial charge in [-0.3, -0.25) is 14.4 Å². The number of thiophene rings is 1. The van der Waals surface area contributed by atoms with E-state index in [1.165, 1.54) is 23.1 Å². The number of hydrogen-bond donors (Lipinski definition) is 3. The normalized spacial score (nSPS) is 13.7. The van der Waals surface area contributed by atoms with Gasteiger partial charge >= 0.3 is 0 Å². The molecule has 0 radical (unpaired) electrons. The SMILES string of the molecule is CCn1c(SCC(=O)Nc2sc3c(c2C(N)=O)CCCC3)nnc1[C@H](C)NC(=O)c1ccccc1. The van der Waals surface area contributed by atoms with E-state index >= 15 is 0 Å². The number of nitrogens with two attached hydrogens (primary N) is 1. The first-order valence-electron chi connectivity index (χ1n) is 11.5. The Labute approximate surface area is 211 Å². The van der Waals surface area contributed by atoms with Crippen LogP contribution in [0.15, 0.2) is 35.5 Å². The van der Waals surface area contributed by atoms with Gasteiger partial charge in [0.15, 0.2) is 11.0 Å². The summed E-state index contributed by atoms with van der Waals surface area (Å²) in [6.07, 6.45) is 3.82. The number of anilines is 1. The highest BCUT2D eigenvalue weighted by Gasteiger charge is 2.25. The molecule has 0 saturated carbocycles. The summed E-state index contributed by atoms with van der Waals surface area (Å²) in [6.45, 7) is 4.39. The molecule has 1 atom stereocenters. The Hall–Kier alpha value is -3.18. The lowest BCUT2D eigenvalue weighted by molar-refractivity contribution is -0.113. The topological polar surface area (TPSA) is 132 Å². The van der Waals surface area contributed by atoms with Gasteiger partial charge in [0.1, 0.15) is 5.00 Å². The van der Waals surface area contributed by atoms with Gasteiger partial charge in [0.25, 0.3) is 11.8 Å². The number of carbonyl (C=O) groups is 3. The monoisotopic (exact) mass is 512 g/mol. The van der Waals surface area contributed by atoms with Crippen LogP contribution in [0.4, 0.5) is 5.00 Å². The predicted octanol–water partition coefficient (Wildman–Crippen LogP) is 3.56. The first-order chi connectivity index (χ1) is 16.9. The number of hydrogen-bond acceptors (Lipinski definition) is 7. The number of nitrogens with zero attached hydrogens (tertiary/aromatic N) is 3. The van der Waals surface area contributed by atoms with Crippen LogP contribution in [0.2, 0.25) is 0 Å². The largest absolute Gasteiger partial charge is 0.365 e. The molecule has 3 amide bonds. The lowest BCUT2D eigenvalue weighted by Gasteiger charge is -2.15. The standard InChI is InChI=1S/C24H28N6O3S2/c1-3-30-21(14(2)26-22(33)15-9-5-4-6-10-15)28-29-24(30)34-13-18(31)27-23-19(20(25)32)16-11-7-8-12-17(16)35-23/h4-6,9-10,14H,3,7-8,11-13H2,1-2H3,(H2,25,32)(H,26,33)(H,27,31)/t14-/m0/s1. The zero-order valence-electron chi connectivity index (χ0n) is 19.7. The molecule has 0 bridgehead atoms. The third kappa shape index (κ3) is 5.57. The predicted molar refractivity (Wildman–Crippen MR) is 137 cm³/mol. The van der Waals surface area contributed by atoms with Gasteiger partial charge in [-0.05, 0) is 57.2 Å². The smallest absolute Gasteiger partial charge is 0.251 e. The third-order valence-corrected chi connectivity index (χ3v) is 8.01. The molecule has 0 aliphatic heterocycles. The van der Waals surface area contributed by atoms with Crippen LogP contribution in [-0.2, 0) is 24.2 Å². The van der Waals surface area contributed by atoms with E-state index in [4.69, 9.17) is 5.73 Å². The van der Waals surface area contributed by atoms with Gasteiger partial charge in [-0.15, -0.1) is 21.5 Å². The quantitative estimate of drug-likeness (QED) is 0.376. The van der Waals surface area contributed by atoms with Gasteiger partial charge in [-0.25, -0.2) is 0 Å². The maximum atomic E-state index is 12.7. The number of aromatic nitrogens is 3. The molecule has 9 nitrogen and oxygen atoms in total. The summed E-state index contributed by atoms with van der Waals surface area (Å²) in [5.74, 6) is -0.227. The van der Waals surface area contributed by atoms with Crippen molar-refractivity contribution in [1.29, 1.82) is 0 Å². The summed E-state index contributed by atoms with van der Waals surface area (Å²) in [7, 11) is 0. The summed E-state index contributed by atoms with van der Waals surface area (Å²) < 4.78 is 1.88. The second-order valence-corrected chi connectivity index (χ2v) is 10.3. The van der Waals surface area contributed by atoms with Crippen molar-refractivity contribution in [2.45, 2.75) is 57.3 Å². The molecule has 4 N–H and O–H groups in total. The maximum Gasteiger partial charge on any atom is 0.251 e. The Balaban J connectivity index is 1.41. The van der Waals surface area contributed by atoms with E-state index < -0.39 is 5.91 Å². The highest BCUT2D eigenvalue weighted by Crippen LogP contribution is 2.38. The van der Waals surface area contributed by atoms with Crippen LogP contribution in [0.5, 0.6) is 0 Å². The van der Waals surface area contributed by atoms with Crippen molar-refractivity contribution in [2.24, 2.45) is 5.73 Å². The molecule has 1 aliphatic rings. The number of carbonyl (C=O) groups excluding carboxylic acids is 3. The lowest BCUT2D eigenvalue weighted by Crippen LogP contribution is -2.28. The van der Waals surface area contributed by atoms with E-state index in [0.29, 0.717) is 33.7 Å². The second-order valence-electron chi connectivity index (χ2n) is 8.26. The zero-order valence-corrected chi connectivity index (χ0v) is 21.3. The number of amides is 3. The van der Waals surface area contributed by atoms with Gasteiger partial charge in [-0.1, -0.05) is 30.0 Å². The summed E-state index contributed by atoms with van der Waals surface area (Å²) in [4.78, 5) is 38.4. The first kappa shape index (κ1) is 24.9. The number of thioether (sulfide) groups is 1. The van der Waals surface area contributed by atoms with Crippen molar-refractivity contribution in [1.82, 2.24) is 20.1 Å². The Morgan fingerprint density at radius 2 is 1.91 bits per heavy atom. The number of aryl methyl sites for hydroxylation is 1. The fourth-order valence-electron chi connectivity index (χ4n) is 4.17. The molecule has 2 aromatic heterocycles. The van der Waals surface area contributed by atoms with E-state index in [0.717, 1.165) is 36.1 Å². The number of benzene rings is 1. The van der Waals surface area contributed by atoms with Crippen molar-refractivity contribution in [2.75, 3.05) is 11.1 Å². The van der Waals surface area contributed by atoms with Crippen molar-refractivity contribution >= 4 is 45.8 Å². The minimum atomic E-state index is -0.505. The van der Waals surface area contributed by atoms with Gasteiger partial charge in [-0.2, -0.15) is 0 Å². The maximum absolute atomic E-state index is 12.7. The highest BCUT2D eigenvalue weighted by molar-refractivity contribution is 7.99. The van der Waals surface area contributed by atoms with Crippen LogP contribution >= 0.6 is 23.1 Å². The third-order valence-electron chi connectivity index (χ3n) is 5.84. The summed E-state index contributed by atoms with van der Waals surface area (Å²) in [6, 6.07) is 8.61. The molecular weight excluding hydrogens is 484 g/mol. The lowest BCUT2D eigenvalue weighted by atomic mass is 9.95. The molecule has 1 aliphatic carbocycles. The van der Waals surface area contributed by atoms with Gasteiger partial charge in [0.05, 0.1) is 17.4 Å². The molecule has 1 aromatic carbocycles. The first-order valence-corrected chi connectivity index (χ1v) is 13.3. The second kappa shape index (κ2) is 11.0. The van der Waals surface area contributed by atoms with E-state index in [9.17, 15) is 14.4 Å². The molecule has 2 heterocycles. The molecule has 3 aromatic rings. The van der Waals surface area contributed by atoms with Gasteiger partial charge in [0.2, 0.25) is 5.91 Å². The molecule has 184 valence electrons. The van der Waals surface area contributed by atoms with Crippen LogP contribution in [-0.4, -0.2) is 38.2 Å². The van der Waals surface area contributed by atoms with E-state index in [1.807, 2.05) is 36.6 Å². The molecule has 35 heavy (non-hydrogen) atoms. The van der Waals surface area contributed by atoms with E-state index in [-0.39, 0.29) is 23.6 Å². The fourth-order valence-corrected chi connectivity index (χ4v) is 6.29. The van der Waals surface area contributed by atoms with Crippen LogP contribution in [0, 0.1) is 0 Å². The van der Waals surface area contributed by atoms with Crippen molar-refractivity contribution in [3.8, 4) is 0 Å². The van der Waals surface area contributed by atoms with Crippen molar-refractivity contribution in [3.63, 3.8) is 0 Å². The van der Waals surface area contributed by atoms with Crippen LogP contribution in [0.25, 0.3) is 0 Å². The molecule has 0 spiro atoms. The zero-order chi connectivity index (χ0) is 24.9. The Morgan fingerprint density at radius 1 is 1.17 bits per heavy atom. The number of fused-ring (bicyclic) bond motifs is 1. The molecular formula is C24H28N6O3S2. The average Bonchev–Trinajstić information content (AvgIpc) is 3.43.